The number of likely N-dealkylation sites (tertiary alicyclic amines) is 1. The molecule has 7 heteroatoms. The summed E-state index contributed by atoms with van der Waals surface area (Å²) < 4.78 is 38.6. The highest BCUT2D eigenvalue weighted by Gasteiger charge is 2.33. The Balaban J connectivity index is 2.21. The van der Waals surface area contributed by atoms with E-state index in [0.717, 1.165) is 25.0 Å². The van der Waals surface area contributed by atoms with E-state index in [4.69, 9.17) is 5.11 Å². The maximum Gasteiger partial charge on any atom is 0.416 e. The number of hydrogen-bond donors (Lipinski definition) is 1. The third kappa shape index (κ3) is 4.46. The summed E-state index contributed by atoms with van der Waals surface area (Å²) in [6, 6.07) is 4.58. The van der Waals surface area contributed by atoms with Crippen LogP contribution in [0.3, 0.4) is 0 Å². The van der Waals surface area contributed by atoms with E-state index in [-0.39, 0.29) is 18.7 Å². The summed E-state index contributed by atoms with van der Waals surface area (Å²) in [4.78, 5) is 24.3. The van der Waals surface area contributed by atoms with Crippen molar-refractivity contribution in [2.75, 3.05) is 6.54 Å². The largest absolute Gasteiger partial charge is 0.481 e. The van der Waals surface area contributed by atoms with Gasteiger partial charge >= 0.3 is 12.1 Å². The van der Waals surface area contributed by atoms with E-state index in [1.807, 2.05) is 0 Å². The zero-order valence-electron chi connectivity index (χ0n) is 12.5. The maximum absolute atomic E-state index is 12.9. The van der Waals surface area contributed by atoms with E-state index in [2.05, 4.69) is 0 Å². The summed E-state index contributed by atoms with van der Waals surface area (Å²) in [6.45, 7) is 0.444. The molecular formula is C16H18F3NO3. The van der Waals surface area contributed by atoms with Crippen molar-refractivity contribution < 1.29 is 27.9 Å². The minimum atomic E-state index is -4.43. The van der Waals surface area contributed by atoms with Gasteiger partial charge in [-0.1, -0.05) is 12.1 Å². The van der Waals surface area contributed by atoms with Crippen LogP contribution >= 0.6 is 0 Å². The predicted octanol–water partition coefficient (Wildman–Crippen LogP) is 3.62. The van der Waals surface area contributed by atoms with Crippen LogP contribution in [0.15, 0.2) is 24.3 Å². The Morgan fingerprint density at radius 1 is 1.22 bits per heavy atom. The number of benzene rings is 1. The minimum absolute atomic E-state index is 0.134. The minimum Gasteiger partial charge on any atom is -0.481 e. The van der Waals surface area contributed by atoms with Crippen molar-refractivity contribution in [3.63, 3.8) is 0 Å². The van der Waals surface area contributed by atoms with Crippen molar-refractivity contribution in [2.24, 2.45) is 0 Å². The molecule has 2 rings (SSSR count). The molecule has 0 aliphatic carbocycles. The normalized spacial score (nSPS) is 18.7. The van der Waals surface area contributed by atoms with Gasteiger partial charge in [-0.2, -0.15) is 13.2 Å². The van der Waals surface area contributed by atoms with Gasteiger partial charge in [0.25, 0.3) is 0 Å². The van der Waals surface area contributed by atoms with Gasteiger partial charge in [-0.25, -0.2) is 0 Å². The molecule has 0 spiro atoms. The first-order valence-electron chi connectivity index (χ1n) is 7.47. The van der Waals surface area contributed by atoms with E-state index < -0.39 is 23.8 Å². The smallest absolute Gasteiger partial charge is 0.416 e. The number of piperidine rings is 1. The number of carboxylic acid groups (broad SMARTS) is 1. The Labute approximate surface area is 131 Å². The van der Waals surface area contributed by atoms with Crippen LogP contribution < -0.4 is 0 Å². The van der Waals surface area contributed by atoms with Crippen LogP contribution in [0.1, 0.15) is 49.3 Å². The lowest BCUT2D eigenvalue weighted by Crippen LogP contribution is -2.38. The molecule has 1 N–H and O–H groups in total. The lowest BCUT2D eigenvalue weighted by Gasteiger charge is -2.36. The fraction of sp³-hybridized carbons (Fsp3) is 0.500. The Hall–Kier alpha value is -2.05. The molecule has 126 valence electrons. The number of halogens is 3. The summed E-state index contributed by atoms with van der Waals surface area (Å²) in [6.07, 6.45) is -2.66. The average Bonchev–Trinajstić information content (AvgIpc) is 2.52. The average molecular weight is 329 g/mol. The number of carbonyl (C=O) groups is 2. The van der Waals surface area contributed by atoms with Crippen molar-refractivity contribution in [3.8, 4) is 0 Å². The molecule has 1 atom stereocenters. The van der Waals surface area contributed by atoms with Gasteiger partial charge in [0.2, 0.25) is 5.91 Å². The van der Waals surface area contributed by atoms with Gasteiger partial charge in [-0.05, 0) is 37.0 Å². The molecule has 0 aromatic heterocycles. The van der Waals surface area contributed by atoms with Crippen LogP contribution in [0.2, 0.25) is 0 Å². The zero-order valence-corrected chi connectivity index (χ0v) is 12.5. The third-order valence-electron chi connectivity index (χ3n) is 3.97. The second-order valence-electron chi connectivity index (χ2n) is 5.62. The SMILES string of the molecule is O=C(O)CCC(=O)N1CCCCC1c1cccc(C(F)(F)F)c1. The van der Waals surface area contributed by atoms with Crippen LogP contribution in [0.5, 0.6) is 0 Å². The van der Waals surface area contributed by atoms with Gasteiger partial charge < -0.3 is 10.0 Å². The maximum atomic E-state index is 12.9. The van der Waals surface area contributed by atoms with Crippen LogP contribution in [-0.2, 0) is 15.8 Å². The first-order chi connectivity index (χ1) is 10.8. The number of amides is 1. The van der Waals surface area contributed by atoms with E-state index in [1.54, 1.807) is 6.07 Å². The molecule has 1 aromatic carbocycles. The molecule has 0 saturated carbocycles. The molecule has 1 saturated heterocycles. The van der Waals surface area contributed by atoms with E-state index in [9.17, 15) is 22.8 Å². The van der Waals surface area contributed by atoms with Gasteiger partial charge in [-0.3, -0.25) is 9.59 Å². The second kappa shape index (κ2) is 7.02. The number of aliphatic carboxylic acids is 1. The lowest BCUT2D eigenvalue weighted by molar-refractivity contribution is -0.142. The van der Waals surface area contributed by atoms with Crippen molar-refractivity contribution >= 4 is 11.9 Å². The molecule has 1 aliphatic rings. The molecule has 23 heavy (non-hydrogen) atoms. The van der Waals surface area contributed by atoms with Gasteiger partial charge in [0.05, 0.1) is 18.0 Å². The van der Waals surface area contributed by atoms with Crippen LogP contribution in [0, 0.1) is 0 Å². The van der Waals surface area contributed by atoms with E-state index in [1.165, 1.54) is 11.0 Å². The highest BCUT2D eigenvalue weighted by atomic mass is 19.4. The number of carboxylic acids is 1. The summed E-state index contributed by atoms with van der Waals surface area (Å²) in [5.74, 6) is -1.39. The van der Waals surface area contributed by atoms with Crippen LogP contribution in [-0.4, -0.2) is 28.4 Å². The van der Waals surface area contributed by atoms with Gasteiger partial charge in [0, 0.05) is 13.0 Å². The van der Waals surface area contributed by atoms with Crippen LogP contribution in [0.25, 0.3) is 0 Å². The molecule has 1 aromatic rings. The molecule has 0 bridgehead atoms. The van der Waals surface area contributed by atoms with E-state index in [0.29, 0.717) is 18.5 Å². The fourth-order valence-electron chi connectivity index (χ4n) is 2.86. The third-order valence-corrected chi connectivity index (χ3v) is 3.97. The highest BCUT2D eigenvalue weighted by Crippen LogP contribution is 2.35. The topological polar surface area (TPSA) is 57.6 Å². The predicted molar refractivity (Wildman–Crippen MR) is 76.6 cm³/mol. The van der Waals surface area contributed by atoms with Crippen molar-refractivity contribution in [1.82, 2.24) is 4.90 Å². The molecule has 1 fully saturated rings. The summed E-state index contributed by atoms with van der Waals surface area (Å²) in [7, 11) is 0. The summed E-state index contributed by atoms with van der Waals surface area (Å²) in [5.41, 5.74) is -0.290. The summed E-state index contributed by atoms with van der Waals surface area (Å²) in [5, 5.41) is 8.67. The fourth-order valence-corrected chi connectivity index (χ4v) is 2.86. The van der Waals surface area contributed by atoms with Crippen molar-refractivity contribution in [2.45, 2.75) is 44.3 Å². The second-order valence-corrected chi connectivity index (χ2v) is 5.62. The van der Waals surface area contributed by atoms with Gasteiger partial charge in [0.1, 0.15) is 0 Å². The molecular weight excluding hydrogens is 311 g/mol. The number of rotatable bonds is 4. The standard InChI is InChI=1S/C16H18F3NO3/c17-16(18,19)12-5-3-4-11(10-12)13-6-1-2-9-20(13)14(21)7-8-15(22)23/h3-5,10,13H,1-2,6-9H2,(H,22,23). The molecule has 1 unspecified atom stereocenters. The Morgan fingerprint density at radius 2 is 1.96 bits per heavy atom. The van der Waals surface area contributed by atoms with Crippen molar-refractivity contribution in [1.29, 1.82) is 0 Å². The highest BCUT2D eigenvalue weighted by molar-refractivity contribution is 5.81. The van der Waals surface area contributed by atoms with E-state index >= 15 is 0 Å². The number of alkyl halides is 3. The Bertz CT molecular complexity index is 586. The molecule has 1 amide bonds. The molecule has 4 nitrogen and oxygen atoms in total. The lowest BCUT2D eigenvalue weighted by atomic mass is 9.93. The summed E-state index contributed by atoms with van der Waals surface area (Å²) >= 11 is 0. The van der Waals surface area contributed by atoms with Gasteiger partial charge in [0.15, 0.2) is 0 Å². The quantitative estimate of drug-likeness (QED) is 0.918. The molecule has 0 radical (unpaired) electrons. The first kappa shape index (κ1) is 17.3. The first-order valence-corrected chi connectivity index (χ1v) is 7.47. The molecule has 1 aliphatic heterocycles. The Kier molecular flexibility index (Phi) is 5.28. The number of carbonyl (C=O) groups excluding carboxylic acids is 1. The monoisotopic (exact) mass is 329 g/mol. The van der Waals surface area contributed by atoms with Gasteiger partial charge in [-0.15, -0.1) is 0 Å². The number of hydrogen-bond acceptors (Lipinski definition) is 2. The van der Waals surface area contributed by atoms with Crippen molar-refractivity contribution in [3.05, 3.63) is 35.4 Å². The Morgan fingerprint density at radius 3 is 2.61 bits per heavy atom. The molecule has 1 heterocycles. The number of nitrogens with zero attached hydrogens (tertiary/aromatic N) is 1. The zero-order chi connectivity index (χ0) is 17.0. The van der Waals surface area contributed by atoms with Crippen LogP contribution in [0.4, 0.5) is 13.2 Å².